The van der Waals surface area contributed by atoms with Crippen molar-refractivity contribution >= 4 is 58.7 Å². The first-order chi connectivity index (χ1) is 18.3. The summed E-state index contributed by atoms with van der Waals surface area (Å²) in [4.78, 5) is 54.5. The molecule has 1 unspecified atom stereocenters. The number of aromatic amines is 1. The van der Waals surface area contributed by atoms with Crippen molar-refractivity contribution in [3.63, 3.8) is 0 Å². The summed E-state index contributed by atoms with van der Waals surface area (Å²) < 4.78 is 5.36. The quantitative estimate of drug-likeness (QED) is 0.286. The fourth-order valence-corrected chi connectivity index (χ4v) is 7.51. The van der Waals surface area contributed by atoms with Gasteiger partial charge in [0.25, 0.3) is 5.91 Å². The number of ether oxygens (including phenoxy) is 1. The van der Waals surface area contributed by atoms with Crippen molar-refractivity contribution < 1.29 is 29.0 Å². The number of tetrazole rings is 1. The minimum absolute atomic E-state index is 0.0567. The molecule has 2 aliphatic rings. The number of fused-ring (bicyclic) bond motifs is 1. The van der Waals surface area contributed by atoms with Crippen LogP contribution in [0.25, 0.3) is 0 Å². The van der Waals surface area contributed by atoms with Gasteiger partial charge in [0, 0.05) is 27.8 Å². The minimum atomic E-state index is -1.20. The molecule has 3 amide bonds. The topological polar surface area (TPSA) is 171 Å². The standard InChI is InChI=1S/C23H29N7O6S3/c1-11(38-21-25-27-28-26-21)14-10-37-19-16(18(32)30(19)17(14)20(33)34)24-15(31)8-12-6-7-13(39-12)9-29(5)22(35)36-23(2,3)4/h6-7,11,16,19H,8-10H2,1-5H3,(H,24,31)(H,33,34)(H,25,26,27,28)/t11?,16-,19+/m1/s1. The van der Waals surface area contributed by atoms with Crippen LogP contribution in [0.3, 0.4) is 0 Å². The van der Waals surface area contributed by atoms with Crippen molar-refractivity contribution in [1.82, 2.24) is 35.7 Å². The van der Waals surface area contributed by atoms with Crippen molar-refractivity contribution in [3.8, 4) is 0 Å². The van der Waals surface area contributed by atoms with Gasteiger partial charge >= 0.3 is 12.1 Å². The van der Waals surface area contributed by atoms with E-state index < -0.39 is 35.0 Å². The molecule has 3 N–H and O–H groups in total. The summed E-state index contributed by atoms with van der Waals surface area (Å²) in [6.07, 6.45) is -0.373. The fraction of sp³-hybridized carbons (Fsp3) is 0.522. The van der Waals surface area contributed by atoms with E-state index in [0.29, 0.717) is 23.0 Å². The van der Waals surface area contributed by atoms with Gasteiger partial charge in [-0.3, -0.25) is 14.5 Å². The second kappa shape index (κ2) is 11.6. The molecule has 0 aliphatic carbocycles. The van der Waals surface area contributed by atoms with E-state index in [2.05, 4.69) is 25.9 Å². The summed E-state index contributed by atoms with van der Waals surface area (Å²) >= 11 is 4.07. The van der Waals surface area contributed by atoms with Crippen LogP contribution in [0, 0.1) is 0 Å². The highest BCUT2D eigenvalue weighted by Crippen LogP contribution is 2.43. The zero-order chi connectivity index (χ0) is 28.5. The Hall–Kier alpha value is -3.11. The van der Waals surface area contributed by atoms with Crippen LogP contribution in [0.2, 0.25) is 0 Å². The SMILES string of the molecule is CC(Sc1nnn[nH]1)C1=C(C(=O)O)N2C(=O)[C@@H](NC(=O)Cc3ccc(CN(C)C(=O)OC(C)(C)C)s3)[C@@H]2SC1. The molecule has 2 aromatic heterocycles. The van der Waals surface area contributed by atoms with E-state index in [-0.39, 0.29) is 23.3 Å². The number of aromatic nitrogens is 4. The average Bonchev–Trinajstić information content (AvgIpc) is 3.52. The molecule has 0 saturated carbocycles. The smallest absolute Gasteiger partial charge is 0.410 e. The van der Waals surface area contributed by atoms with Crippen LogP contribution >= 0.6 is 34.9 Å². The van der Waals surface area contributed by atoms with Gasteiger partial charge in [0.2, 0.25) is 11.1 Å². The Bertz CT molecular complexity index is 1290. The van der Waals surface area contributed by atoms with Gasteiger partial charge in [0.1, 0.15) is 22.7 Å². The van der Waals surface area contributed by atoms with E-state index in [9.17, 15) is 24.3 Å². The van der Waals surface area contributed by atoms with Crippen LogP contribution in [0.15, 0.2) is 28.6 Å². The number of rotatable bonds is 9. The summed E-state index contributed by atoms with van der Waals surface area (Å²) in [7, 11) is 1.64. The lowest BCUT2D eigenvalue weighted by Crippen LogP contribution is -2.70. The first kappa shape index (κ1) is 28.9. The summed E-state index contributed by atoms with van der Waals surface area (Å²) in [5, 5.41) is 25.8. The van der Waals surface area contributed by atoms with Gasteiger partial charge in [0.05, 0.1) is 13.0 Å². The van der Waals surface area contributed by atoms with E-state index in [1.54, 1.807) is 27.8 Å². The molecule has 210 valence electrons. The first-order valence-electron chi connectivity index (χ1n) is 12.0. The number of nitrogens with zero attached hydrogens (tertiary/aromatic N) is 5. The van der Waals surface area contributed by atoms with Crippen LogP contribution in [0.5, 0.6) is 0 Å². The molecule has 0 bridgehead atoms. The third-order valence-electron chi connectivity index (χ3n) is 5.77. The second-order valence-electron chi connectivity index (χ2n) is 9.98. The van der Waals surface area contributed by atoms with Gasteiger partial charge in [-0.2, -0.15) is 0 Å². The molecule has 2 aromatic rings. The van der Waals surface area contributed by atoms with E-state index in [1.807, 2.05) is 19.1 Å². The molecule has 16 heteroatoms. The number of hydrogen-bond acceptors (Lipinski definition) is 11. The fourth-order valence-electron chi connectivity index (χ4n) is 4.02. The summed E-state index contributed by atoms with van der Waals surface area (Å²) in [6, 6.07) is 2.85. The maximum absolute atomic E-state index is 13.0. The lowest BCUT2D eigenvalue weighted by molar-refractivity contribution is -0.150. The molecular formula is C23H29N7O6S3. The van der Waals surface area contributed by atoms with Crippen molar-refractivity contribution in [2.45, 2.75) is 68.1 Å². The van der Waals surface area contributed by atoms with Crippen LogP contribution < -0.4 is 5.32 Å². The Labute approximate surface area is 237 Å². The number of hydrogen-bond donors (Lipinski definition) is 3. The molecule has 0 aromatic carbocycles. The lowest BCUT2D eigenvalue weighted by Gasteiger charge is -2.50. The van der Waals surface area contributed by atoms with Crippen LogP contribution in [-0.4, -0.2) is 94.5 Å². The van der Waals surface area contributed by atoms with Gasteiger partial charge in [0.15, 0.2) is 0 Å². The largest absolute Gasteiger partial charge is 0.477 e. The van der Waals surface area contributed by atoms with E-state index in [4.69, 9.17) is 4.74 Å². The highest BCUT2D eigenvalue weighted by molar-refractivity contribution is 8.01. The van der Waals surface area contributed by atoms with E-state index in [0.717, 1.165) is 9.75 Å². The molecule has 1 saturated heterocycles. The molecule has 1 fully saturated rings. The molecule has 39 heavy (non-hydrogen) atoms. The molecule has 2 aliphatic heterocycles. The minimum Gasteiger partial charge on any atom is -0.477 e. The number of aliphatic carboxylic acids is 1. The van der Waals surface area contributed by atoms with E-state index >= 15 is 0 Å². The number of β-lactam (4-membered cyclic amide) rings is 1. The predicted octanol–water partition coefficient (Wildman–Crippen LogP) is 2.09. The zero-order valence-corrected chi connectivity index (χ0v) is 24.4. The number of thioether (sulfide) groups is 2. The highest BCUT2D eigenvalue weighted by Gasteiger charge is 2.54. The molecule has 3 atom stereocenters. The van der Waals surface area contributed by atoms with Crippen molar-refractivity contribution in [1.29, 1.82) is 0 Å². The van der Waals surface area contributed by atoms with Gasteiger partial charge in [-0.05, 0) is 55.8 Å². The van der Waals surface area contributed by atoms with Gasteiger partial charge < -0.3 is 20.1 Å². The molecule has 4 rings (SSSR count). The number of thiophene rings is 1. The van der Waals surface area contributed by atoms with Crippen molar-refractivity contribution in [2.24, 2.45) is 0 Å². The first-order valence-corrected chi connectivity index (χ1v) is 14.7. The second-order valence-corrected chi connectivity index (χ2v) is 13.7. The van der Waals surface area contributed by atoms with Gasteiger partial charge in [-0.25, -0.2) is 14.7 Å². The maximum Gasteiger partial charge on any atom is 0.410 e. The van der Waals surface area contributed by atoms with Crippen molar-refractivity contribution in [3.05, 3.63) is 33.2 Å². The third-order valence-corrected chi connectivity index (χ3v) is 9.18. The summed E-state index contributed by atoms with van der Waals surface area (Å²) in [5.41, 5.74) is -0.0610. The molecule has 13 nitrogen and oxygen atoms in total. The summed E-state index contributed by atoms with van der Waals surface area (Å²) in [6.45, 7) is 7.57. The number of carbonyl (C=O) groups is 4. The Morgan fingerprint density at radius 1 is 1.33 bits per heavy atom. The zero-order valence-electron chi connectivity index (χ0n) is 22.0. The Morgan fingerprint density at radius 2 is 2.05 bits per heavy atom. The highest BCUT2D eigenvalue weighted by atomic mass is 32.2. The van der Waals surface area contributed by atoms with Crippen LogP contribution in [0.4, 0.5) is 4.79 Å². The normalized spacial score (nSPS) is 19.7. The third kappa shape index (κ3) is 6.73. The number of carboxylic acids is 1. The van der Waals surface area contributed by atoms with Crippen molar-refractivity contribution in [2.75, 3.05) is 12.8 Å². The number of carboxylic acid groups (broad SMARTS) is 1. The van der Waals surface area contributed by atoms with Crippen LogP contribution in [0.1, 0.15) is 37.4 Å². The lowest BCUT2D eigenvalue weighted by atomic mass is 10.0. The predicted molar refractivity (Wildman–Crippen MR) is 145 cm³/mol. The monoisotopic (exact) mass is 595 g/mol. The Morgan fingerprint density at radius 3 is 2.69 bits per heavy atom. The number of amides is 3. The van der Waals surface area contributed by atoms with E-state index in [1.165, 1.54) is 44.7 Å². The average molecular weight is 596 g/mol. The Balaban J connectivity index is 1.34. The van der Waals surface area contributed by atoms with Crippen LogP contribution in [-0.2, 0) is 32.1 Å². The van der Waals surface area contributed by atoms with Gasteiger partial charge in [-0.15, -0.1) is 28.2 Å². The molecule has 0 radical (unpaired) electrons. The van der Waals surface area contributed by atoms with Gasteiger partial charge in [-0.1, -0.05) is 11.8 Å². The Kier molecular flexibility index (Phi) is 8.56. The number of carbonyl (C=O) groups excluding carboxylic acids is 3. The number of H-pyrrole nitrogens is 1. The molecule has 0 spiro atoms. The molecular weight excluding hydrogens is 566 g/mol. The molecule has 4 heterocycles. The number of nitrogens with one attached hydrogen (secondary N) is 2. The summed E-state index contributed by atoms with van der Waals surface area (Å²) in [5.74, 6) is -1.60. The maximum atomic E-state index is 13.0.